The summed E-state index contributed by atoms with van der Waals surface area (Å²) < 4.78 is 1.94. The third kappa shape index (κ3) is 1.78. The van der Waals surface area contributed by atoms with Crippen molar-refractivity contribution in [2.45, 2.75) is 31.8 Å². The molecule has 3 N–H and O–H groups in total. The Labute approximate surface area is 83.7 Å². The van der Waals surface area contributed by atoms with Crippen LogP contribution >= 0.6 is 0 Å². The summed E-state index contributed by atoms with van der Waals surface area (Å²) in [5.41, 5.74) is 6.78. The maximum atomic E-state index is 5.87. The highest BCUT2D eigenvalue weighted by Gasteiger charge is 2.18. The van der Waals surface area contributed by atoms with Gasteiger partial charge in [0.15, 0.2) is 0 Å². The molecule has 0 saturated carbocycles. The van der Waals surface area contributed by atoms with Crippen molar-refractivity contribution in [1.82, 2.24) is 20.3 Å². The predicted octanol–water partition coefficient (Wildman–Crippen LogP) is 0.222. The minimum absolute atomic E-state index is 0.0260. The molecule has 0 amide bonds. The Balaban J connectivity index is 2.08. The number of nitrogens with zero attached hydrogens (tertiary/aromatic N) is 3. The van der Waals surface area contributed by atoms with Crippen molar-refractivity contribution in [3.8, 4) is 0 Å². The average molecular weight is 195 g/mol. The molecule has 1 aliphatic heterocycles. The molecule has 0 aromatic carbocycles. The molecule has 0 spiro atoms. The van der Waals surface area contributed by atoms with Gasteiger partial charge in [-0.3, -0.25) is 0 Å². The largest absolute Gasteiger partial charge is 0.323 e. The van der Waals surface area contributed by atoms with Gasteiger partial charge in [0, 0.05) is 6.54 Å². The van der Waals surface area contributed by atoms with Crippen molar-refractivity contribution in [2.24, 2.45) is 5.73 Å². The fourth-order valence-electron chi connectivity index (χ4n) is 1.71. The van der Waals surface area contributed by atoms with E-state index in [1.54, 1.807) is 0 Å². The summed E-state index contributed by atoms with van der Waals surface area (Å²) in [5, 5.41) is 11.5. The minimum Gasteiger partial charge on any atom is -0.323 e. The normalized spacial score (nSPS) is 24.0. The lowest BCUT2D eigenvalue weighted by Crippen LogP contribution is -2.14. The van der Waals surface area contributed by atoms with Gasteiger partial charge in [-0.25, -0.2) is 4.68 Å². The maximum Gasteiger partial charge on any atom is 0.0994 e. The molecule has 1 aliphatic rings. The molecule has 2 heterocycles. The minimum atomic E-state index is 0.0260. The summed E-state index contributed by atoms with van der Waals surface area (Å²) in [6.45, 7) is 4.12. The molecule has 1 saturated heterocycles. The second-order valence-electron chi connectivity index (χ2n) is 3.78. The van der Waals surface area contributed by atoms with Crippen LogP contribution in [0.15, 0.2) is 6.20 Å². The fraction of sp³-hybridized carbons (Fsp3) is 0.778. The SMILES string of the molecule is CCC(N)c1cn(C2CCNC2)nn1. The summed E-state index contributed by atoms with van der Waals surface area (Å²) in [5.74, 6) is 0. The van der Waals surface area contributed by atoms with Crippen LogP contribution in [0.25, 0.3) is 0 Å². The van der Waals surface area contributed by atoms with Crippen LogP contribution in [0, 0.1) is 0 Å². The molecular formula is C9H17N5. The van der Waals surface area contributed by atoms with Gasteiger partial charge in [0.2, 0.25) is 0 Å². The summed E-state index contributed by atoms with van der Waals surface area (Å²) in [4.78, 5) is 0. The molecule has 5 nitrogen and oxygen atoms in total. The zero-order chi connectivity index (χ0) is 9.97. The van der Waals surface area contributed by atoms with Gasteiger partial charge in [-0.15, -0.1) is 5.10 Å². The number of nitrogens with two attached hydrogens (primary N) is 1. The second-order valence-corrected chi connectivity index (χ2v) is 3.78. The van der Waals surface area contributed by atoms with E-state index in [1.807, 2.05) is 10.9 Å². The first-order valence-corrected chi connectivity index (χ1v) is 5.19. The van der Waals surface area contributed by atoms with E-state index in [1.165, 1.54) is 0 Å². The first-order chi connectivity index (χ1) is 6.81. The zero-order valence-electron chi connectivity index (χ0n) is 8.48. The molecule has 2 rings (SSSR count). The smallest absolute Gasteiger partial charge is 0.0994 e. The first kappa shape index (κ1) is 9.61. The molecule has 0 bridgehead atoms. The van der Waals surface area contributed by atoms with Crippen molar-refractivity contribution in [3.63, 3.8) is 0 Å². The molecule has 1 aromatic rings. The average Bonchev–Trinajstić information content (AvgIpc) is 2.86. The molecule has 78 valence electrons. The van der Waals surface area contributed by atoms with Gasteiger partial charge in [0.05, 0.1) is 24.0 Å². The van der Waals surface area contributed by atoms with Crippen molar-refractivity contribution < 1.29 is 0 Å². The van der Waals surface area contributed by atoms with Crippen molar-refractivity contribution in [2.75, 3.05) is 13.1 Å². The van der Waals surface area contributed by atoms with E-state index in [0.717, 1.165) is 31.6 Å². The van der Waals surface area contributed by atoms with Crippen LogP contribution in [0.1, 0.15) is 37.5 Å². The number of rotatable bonds is 3. The third-order valence-corrected chi connectivity index (χ3v) is 2.76. The Kier molecular flexibility index (Phi) is 2.79. The van der Waals surface area contributed by atoms with Crippen LogP contribution in [0.4, 0.5) is 0 Å². The van der Waals surface area contributed by atoms with Gasteiger partial charge in [-0.05, 0) is 19.4 Å². The molecule has 0 aliphatic carbocycles. The van der Waals surface area contributed by atoms with Crippen molar-refractivity contribution in [3.05, 3.63) is 11.9 Å². The highest BCUT2D eigenvalue weighted by Crippen LogP contribution is 2.16. The Morgan fingerprint density at radius 2 is 2.64 bits per heavy atom. The molecule has 1 aromatic heterocycles. The summed E-state index contributed by atoms with van der Waals surface area (Å²) in [7, 11) is 0. The highest BCUT2D eigenvalue weighted by molar-refractivity contribution is 5.00. The van der Waals surface area contributed by atoms with Crippen molar-refractivity contribution in [1.29, 1.82) is 0 Å². The lowest BCUT2D eigenvalue weighted by atomic mass is 10.2. The monoisotopic (exact) mass is 195 g/mol. The topological polar surface area (TPSA) is 68.8 Å². The van der Waals surface area contributed by atoms with E-state index in [0.29, 0.717) is 6.04 Å². The van der Waals surface area contributed by atoms with E-state index < -0.39 is 0 Å². The molecule has 2 unspecified atom stereocenters. The van der Waals surface area contributed by atoms with E-state index >= 15 is 0 Å². The van der Waals surface area contributed by atoms with Crippen LogP contribution in [0.2, 0.25) is 0 Å². The van der Waals surface area contributed by atoms with E-state index in [4.69, 9.17) is 5.73 Å². The van der Waals surface area contributed by atoms with Gasteiger partial charge in [-0.2, -0.15) is 0 Å². The number of hydrogen-bond donors (Lipinski definition) is 2. The van der Waals surface area contributed by atoms with Gasteiger partial charge in [0.25, 0.3) is 0 Å². The number of hydrogen-bond acceptors (Lipinski definition) is 4. The second kappa shape index (κ2) is 4.06. The Hall–Kier alpha value is -0.940. The molecule has 5 heteroatoms. The number of aromatic nitrogens is 3. The van der Waals surface area contributed by atoms with E-state index in [9.17, 15) is 0 Å². The molecule has 1 fully saturated rings. The van der Waals surface area contributed by atoms with Crippen LogP contribution in [-0.2, 0) is 0 Å². The van der Waals surface area contributed by atoms with Crippen LogP contribution in [0.5, 0.6) is 0 Å². The maximum absolute atomic E-state index is 5.87. The highest BCUT2D eigenvalue weighted by atomic mass is 15.4. The van der Waals surface area contributed by atoms with Gasteiger partial charge < -0.3 is 11.1 Å². The number of nitrogens with one attached hydrogen (secondary N) is 1. The Morgan fingerprint density at radius 3 is 3.29 bits per heavy atom. The molecular weight excluding hydrogens is 178 g/mol. The van der Waals surface area contributed by atoms with Gasteiger partial charge >= 0.3 is 0 Å². The van der Waals surface area contributed by atoms with E-state index in [-0.39, 0.29) is 6.04 Å². The lowest BCUT2D eigenvalue weighted by molar-refractivity contribution is 0.476. The Morgan fingerprint density at radius 1 is 1.79 bits per heavy atom. The van der Waals surface area contributed by atoms with Crippen LogP contribution in [0.3, 0.4) is 0 Å². The quantitative estimate of drug-likeness (QED) is 0.724. The molecule has 0 radical (unpaired) electrons. The fourth-order valence-corrected chi connectivity index (χ4v) is 1.71. The van der Waals surface area contributed by atoms with Gasteiger partial charge in [0.1, 0.15) is 0 Å². The third-order valence-electron chi connectivity index (χ3n) is 2.76. The van der Waals surface area contributed by atoms with Gasteiger partial charge in [-0.1, -0.05) is 12.1 Å². The van der Waals surface area contributed by atoms with Crippen LogP contribution in [-0.4, -0.2) is 28.1 Å². The zero-order valence-corrected chi connectivity index (χ0v) is 8.48. The van der Waals surface area contributed by atoms with Crippen LogP contribution < -0.4 is 11.1 Å². The van der Waals surface area contributed by atoms with Crippen molar-refractivity contribution >= 4 is 0 Å². The lowest BCUT2D eigenvalue weighted by Gasteiger charge is -2.06. The summed E-state index contributed by atoms with van der Waals surface area (Å²) in [6.07, 6.45) is 4.01. The predicted molar refractivity (Wildman–Crippen MR) is 53.8 cm³/mol. The standard InChI is InChI=1S/C9H17N5/c1-2-8(10)9-6-14(13-12-9)7-3-4-11-5-7/h6-8,11H,2-5,10H2,1H3. The molecule has 2 atom stereocenters. The first-order valence-electron chi connectivity index (χ1n) is 5.19. The molecule has 14 heavy (non-hydrogen) atoms. The summed E-state index contributed by atoms with van der Waals surface area (Å²) >= 11 is 0. The van der Waals surface area contributed by atoms with E-state index in [2.05, 4.69) is 22.6 Å². The summed E-state index contributed by atoms with van der Waals surface area (Å²) in [6, 6.07) is 0.485. The Bertz CT molecular complexity index is 289.